The molecule has 1 rings (SSSR count). The summed E-state index contributed by atoms with van der Waals surface area (Å²) in [6, 6.07) is 10.1. The molecule has 1 aromatic carbocycles. The van der Waals surface area contributed by atoms with Gasteiger partial charge in [0.25, 0.3) is 0 Å². The van der Waals surface area contributed by atoms with Crippen molar-refractivity contribution in [2.24, 2.45) is 0 Å². The van der Waals surface area contributed by atoms with E-state index in [-0.39, 0.29) is 0 Å². The van der Waals surface area contributed by atoms with E-state index in [0.29, 0.717) is 13.1 Å². The van der Waals surface area contributed by atoms with Crippen molar-refractivity contribution in [3.8, 4) is 0 Å². The molecular weight excluding hydrogens is 210 g/mol. The summed E-state index contributed by atoms with van der Waals surface area (Å²) in [7, 11) is 0. The number of hydrogen-bond acceptors (Lipinski definition) is 2. The summed E-state index contributed by atoms with van der Waals surface area (Å²) in [6.07, 6.45) is 1.79. The first-order valence-corrected chi connectivity index (χ1v) is 6.15. The molecule has 0 aliphatic heterocycles. The lowest BCUT2D eigenvalue weighted by atomic mass is 10.1. The fourth-order valence-electron chi connectivity index (χ4n) is 1.44. The average molecular weight is 226 g/mol. The average Bonchev–Trinajstić information content (AvgIpc) is 2.25. The third-order valence-corrected chi connectivity index (χ3v) is 3.14. The Labute approximate surface area is 93.5 Å². The van der Waals surface area contributed by atoms with E-state index in [4.69, 9.17) is 0 Å². The minimum atomic E-state index is -2.08. The van der Waals surface area contributed by atoms with Gasteiger partial charge in [0, 0.05) is 24.4 Å². The zero-order chi connectivity index (χ0) is 11.1. The summed E-state index contributed by atoms with van der Waals surface area (Å²) in [5.74, 6) is 0. The smallest absolute Gasteiger partial charge is 0.0209 e. The topological polar surface area (TPSA) is 43.4 Å². The van der Waals surface area contributed by atoms with Gasteiger partial charge >= 0.3 is 0 Å². The summed E-state index contributed by atoms with van der Waals surface area (Å²) >= 11 is -2.08. The van der Waals surface area contributed by atoms with Crippen molar-refractivity contribution in [1.29, 1.82) is 0 Å². The standard InChI is InChI=1S/C11H17NO2S/c1-2-12(15(13)14)10-6-9-11-7-4-3-5-8-11/h3-5,7-8H,2,6,9-10H2,1H3,(H,13,14)/p-1. The van der Waals surface area contributed by atoms with E-state index in [2.05, 4.69) is 12.1 Å². The van der Waals surface area contributed by atoms with Crippen LogP contribution in [0.2, 0.25) is 0 Å². The van der Waals surface area contributed by atoms with Crippen molar-refractivity contribution in [2.45, 2.75) is 19.8 Å². The van der Waals surface area contributed by atoms with Crippen LogP contribution in [0.1, 0.15) is 18.9 Å². The Hall–Kier alpha value is -0.710. The van der Waals surface area contributed by atoms with Crippen LogP contribution < -0.4 is 0 Å². The Bertz CT molecular complexity index is 303. The number of hydrogen-bond donors (Lipinski definition) is 0. The van der Waals surface area contributed by atoms with Gasteiger partial charge in [0.1, 0.15) is 0 Å². The van der Waals surface area contributed by atoms with Crippen LogP contribution in [-0.4, -0.2) is 26.2 Å². The highest BCUT2D eigenvalue weighted by Gasteiger charge is 2.01. The second-order valence-corrected chi connectivity index (χ2v) is 4.28. The molecule has 0 aromatic heterocycles. The molecular formula is C11H16NO2S-. The summed E-state index contributed by atoms with van der Waals surface area (Å²) in [4.78, 5) is 0. The molecule has 0 amide bonds. The molecule has 0 saturated carbocycles. The lowest BCUT2D eigenvalue weighted by Gasteiger charge is -2.22. The summed E-state index contributed by atoms with van der Waals surface area (Å²) < 4.78 is 22.8. The van der Waals surface area contributed by atoms with E-state index >= 15 is 0 Å². The zero-order valence-electron chi connectivity index (χ0n) is 8.89. The Kier molecular flexibility index (Phi) is 5.53. The van der Waals surface area contributed by atoms with Crippen LogP contribution in [0.5, 0.6) is 0 Å². The molecule has 0 spiro atoms. The third-order valence-electron chi connectivity index (χ3n) is 2.28. The molecule has 15 heavy (non-hydrogen) atoms. The Morgan fingerprint density at radius 2 is 2.00 bits per heavy atom. The van der Waals surface area contributed by atoms with Gasteiger partial charge in [0.15, 0.2) is 0 Å². The molecule has 0 radical (unpaired) electrons. The molecule has 0 heterocycles. The largest absolute Gasteiger partial charge is 0.760 e. The number of benzene rings is 1. The SMILES string of the molecule is CCN(CCCc1ccccc1)S(=O)[O-]. The maximum atomic E-state index is 10.7. The fourth-order valence-corrected chi connectivity index (χ4v) is 1.93. The van der Waals surface area contributed by atoms with Crippen LogP contribution in [0.4, 0.5) is 0 Å². The normalized spacial score (nSPS) is 13.0. The van der Waals surface area contributed by atoms with E-state index < -0.39 is 11.3 Å². The molecule has 0 bridgehead atoms. The van der Waals surface area contributed by atoms with E-state index in [1.807, 2.05) is 25.1 Å². The maximum Gasteiger partial charge on any atom is 0.0209 e. The highest BCUT2D eigenvalue weighted by Crippen LogP contribution is 2.04. The van der Waals surface area contributed by atoms with Crippen LogP contribution in [-0.2, 0) is 17.7 Å². The quantitative estimate of drug-likeness (QED) is 0.693. The number of rotatable bonds is 6. The van der Waals surface area contributed by atoms with Crippen LogP contribution in [0.3, 0.4) is 0 Å². The highest BCUT2D eigenvalue weighted by atomic mass is 32.2. The molecule has 4 heteroatoms. The summed E-state index contributed by atoms with van der Waals surface area (Å²) in [6.45, 7) is 2.99. The Balaban J connectivity index is 2.30. The minimum Gasteiger partial charge on any atom is -0.760 e. The molecule has 0 fully saturated rings. The van der Waals surface area contributed by atoms with Gasteiger partial charge in [0.05, 0.1) is 0 Å². The minimum absolute atomic E-state index is 0.547. The fraction of sp³-hybridized carbons (Fsp3) is 0.455. The van der Waals surface area contributed by atoms with Crippen molar-refractivity contribution < 1.29 is 8.76 Å². The predicted molar refractivity (Wildman–Crippen MR) is 60.9 cm³/mol. The first kappa shape index (κ1) is 12.4. The third kappa shape index (κ3) is 4.55. The summed E-state index contributed by atoms with van der Waals surface area (Å²) in [5.41, 5.74) is 1.25. The van der Waals surface area contributed by atoms with E-state index in [9.17, 15) is 8.76 Å². The molecule has 1 atom stereocenters. The number of aryl methyl sites for hydroxylation is 1. The van der Waals surface area contributed by atoms with Crippen LogP contribution >= 0.6 is 0 Å². The Morgan fingerprint density at radius 1 is 1.33 bits per heavy atom. The van der Waals surface area contributed by atoms with Gasteiger partial charge in [-0.05, 0) is 18.4 Å². The van der Waals surface area contributed by atoms with Crippen LogP contribution in [0, 0.1) is 0 Å². The molecule has 0 N–H and O–H groups in total. The van der Waals surface area contributed by atoms with Gasteiger partial charge in [-0.3, -0.25) is 4.21 Å². The molecule has 84 valence electrons. The summed E-state index contributed by atoms with van der Waals surface area (Å²) in [5, 5.41) is 0. The van der Waals surface area contributed by atoms with Gasteiger partial charge in [-0.1, -0.05) is 37.3 Å². The lowest BCUT2D eigenvalue weighted by molar-refractivity contribution is 0.395. The van der Waals surface area contributed by atoms with Crippen molar-refractivity contribution in [3.63, 3.8) is 0 Å². The predicted octanol–water partition coefficient (Wildman–Crippen LogP) is 1.74. The first-order valence-electron chi connectivity index (χ1n) is 5.12. The van der Waals surface area contributed by atoms with E-state index in [1.165, 1.54) is 9.87 Å². The van der Waals surface area contributed by atoms with Crippen LogP contribution in [0.25, 0.3) is 0 Å². The van der Waals surface area contributed by atoms with Gasteiger partial charge in [0.2, 0.25) is 0 Å². The van der Waals surface area contributed by atoms with Crippen molar-refractivity contribution >= 4 is 11.3 Å². The molecule has 3 nitrogen and oxygen atoms in total. The first-order chi connectivity index (χ1) is 7.24. The molecule has 1 aromatic rings. The molecule has 0 saturated heterocycles. The van der Waals surface area contributed by atoms with Crippen molar-refractivity contribution in [1.82, 2.24) is 4.31 Å². The van der Waals surface area contributed by atoms with Gasteiger partial charge in [-0.15, -0.1) is 0 Å². The second-order valence-electron chi connectivity index (χ2n) is 3.33. The maximum absolute atomic E-state index is 10.7. The highest BCUT2D eigenvalue weighted by molar-refractivity contribution is 7.76. The van der Waals surface area contributed by atoms with E-state index in [1.54, 1.807) is 0 Å². The van der Waals surface area contributed by atoms with Crippen LogP contribution in [0.15, 0.2) is 30.3 Å². The molecule has 1 unspecified atom stereocenters. The van der Waals surface area contributed by atoms with Gasteiger partial charge < -0.3 is 4.55 Å². The van der Waals surface area contributed by atoms with Crippen molar-refractivity contribution in [2.75, 3.05) is 13.1 Å². The number of nitrogens with zero attached hydrogens (tertiary/aromatic N) is 1. The zero-order valence-corrected chi connectivity index (χ0v) is 9.70. The van der Waals surface area contributed by atoms with E-state index in [0.717, 1.165) is 12.8 Å². The molecule has 0 aliphatic carbocycles. The van der Waals surface area contributed by atoms with Crippen molar-refractivity contribution in [3.05, 3.63) is 35.9 Å². The Morgan fingerprint density at radius 3 is 2.53 bits per heavy atom. The van der Waals surface area contributed by atoms with Gasteiger partial charge in [-0.2, -0.15) is 0 Å². The molecule has 0 aliphatic rings. The monoisotopic (exact) mass is 226 g/mol. The van der Waals surface area contributed by atoms with Gasteiger partial charge in [-0.25, -0.2) is 4.31 Å². The lowest BCUT2D eigenvalue weighted by Crippen LogP contribution is -2.26. The second kappa shape index (κ2) is 6.71.